The first-order valence-corrected chi connectivity index (χ1v) is 6.24. The summed E-state index contributed by atoms with van der Waals surface area (Å²) in [5.41, 5.74) is 0.863. The van der Waals surface area contributed by atoms with Gasteiger partial charge in [-0.3, -0.25) is 4.98 Å². The third-order valence-corrected chi connectivity index (χ3v) is 3.81. The van der Waals surface area contributed by atoms with Crippen molar-refractivity contribution in [2.45, 2.75) is 12.5 Å². The Morgan fingerprint density at radius 1 is 1.53 bits per heavy atom. The van der Waals surface area contributed by atoms with Gasteiger partial charge in [-0.05, 0) is 33.6 Å². The van der Waals surface area contributed by atoms with Crippen LogP contribution in [0.2, 0.25) is 0 Å². The van der Waals surface area contributed by atoms with Crippen molar-refractivity contribution in [2.75, 3.05) is 0 Å². The molecule has 0 radical (unpaired) electrons. The first-order chi connectivity index (χ1) is 7.25. The van der Waals surface area contributed by atoms with Gasteiger partial charge in [-0.1, -0.05) is 6.07 Å². The molecule has 0 aliphatic rings. The van der Waals surface area contributed by atoms with E-state index in [2.05, 4.69) is 20.9 Å². The third kappa shape index (κ3) is 2.87. The van der Waals surface area contributed by atoms with Crippen molar-refractivity contribution < 1.29 is 5.11 Å². The zero-order valence-electron chi connectivity index (χ0n) is 7.93. The Bertz CT molecular complexity index is 429. The van der Waals surface area contributed by atoms with Gasteiger partial charge >= 0.3 is 0 Å². The molecular formula is C11H10BrNOS. The number of aliphatic hydroxyl groups is 1. The van der Waals surface area contributed by atoms with Crippen molar-refractivity contribution in [1.29, 1.82) is 0 Å². The molecule has 0 fully saturated rings. The average molecular weight is 284 g/mol. The van der Waals surface area contributed by atoms with Crippen LogP contribution in [0.4, 0.5) is 0 Å². The molecule has 2 rings (SSSR count). The van der Waals surface area contributed by atoms with Crippen LogP contribution in [0.15, 0.2) is 40.4 Å². The smallest absolute Gasteiger partial charge is 0.0853 e. The Morgan fingerprint density at radius 2 is 2.40 bits per heavy atom. The van der Waals surface area contributed by atoms with Crippen LogP contribution in [-0.4, -0.2) is 10.1 Å². The Morgan fingerprint density at radius 3 is 3.00 bits per heavy atom. The number of halogens is 1. The van der Waals surface area contributed by atoms with Gasteiger partial charge < -0.3 is 5.11 Å². The molecule has 4 heteroatoms. The van der Waals surface area contributed by atoms with Crippen molar-refractivity contribution in [2.24, 2.45) is 0 Å². The number of aliphatic hydroxyl groups excluding tert-OH is 1. The number of nitrogens with zero attached hydrogens (tertiary/aromatic N) is 1. The van der Waals surface area contributed by atoms with Crippen molar-refractivity contribution in [3.8, 4) is 0 Å². The number of aromatic nitrogens is 1. The summed E-state index contributed by atoms with van der Waals surface area (Å²) in [6.45, 7) is 0. The molecule has 0 bridgehead atoms. The zero-order valence-corrected chi connectivity index (χ0v) is 10.3. The maximum Gasteiger partial charge on any atom is 0.0853 e. The summed E-state index contributed by atoms with van der Waals surface area (Å²) < 4.78 is 1.07. The van der Waals surface area contributed by atoms with Crippen molar-refractivity contribution in [1.82, 2.24) is 4.98 Å². The summed E-state index contributed by atoms with van der Waals surface area (Å²) >= 11 is 5.04. The van der Waals surface area contributed by atoms with Crippen LogP contribution < -0.4 is 0 Å². The summed E-state index contributed by atoms with van der Waals surface area (Å²) in [6.07, 6.45) is 3.58. The summed E-state index contributed by atoms with van der Waals surface area (Å²) in [4.78, 5) is 5.15. The lowest BCUT2D eigenvalue weighted by atomic mass is 10.1. The van der Waals surface area contributed by atoms with Crippen molar-refractivity contribution in [3.05, 3.63) is 50.9 Å². The largest absolute Gasteiger partial charge is 0.388 e. The highest BCUT2D eigenvalue weighted by molar-refractivity contribution is 9.10. The molecule has 2 aromatic rings. The SMILES string of the molecule is OC(Cc1cc(Br)cs1)c1cccnc1. The number of pyridine rings is 1. The topological polar surface area (TPSA) is 33.1 Å². The molecule has 0 spiro atoms. The van der Waals surface area contributed by atoms with Crippen LogP contribution in [-0.2, 0) is 6.42 Å². The molecule has 15 heavy (non-hydrogen) atoms. The second kappa shape index (κ2) is 4.88. The van der Waals surface area contributed by atoms with Crippen LogP contribution in [0, 0.1) is 0 Å². The summed E-state index contributed by atoms with van der Waals surface area (Å²) in [5, 5.41) is 12.0. The van der Waals surface area contributed by atoms with E-state index < -0.39 is 6.10 Å². The van der Waals surface area contributed by atoms with Crippen LogP contribution in [0.3, 0.4) is 0 Å². The molecule has 0 saturated carbocycles. The maximum atomic E-state index is 9.93. The van der Waals surface area contributed by atoms with Crippen LogP contribution >= 0.6 is 27.3 Å². The van der Waals surface area contributed by atoms with Crippen molar-refractivity contribution in [3.63, 3.8) is 0 Å². The van der Waals surface area contributed by atoms with E-state index in [1.807, 2.05) is 23.6 Å². The normalized spacial score (nSPS) is 12.7. The monoisotopic (exact) mass is 283 g/mol. The molecule has 1 N–H and O–H groups in total. The molecule has 2 heterocycles. The zero-order chi connectivity index (χ0) is 10.7. The second-order valence-electron chi connectivity index (χ2n) is 3.24. The van der Waals surface area contributed by atoms with Gasteiger partial charge in [0.05, 0.1) is 6.10 Å². The van der Waals surface area contributed by atoms with Crippen molar-refractivity contribution >= 4 is 27.3 Å². The average Bonchev–Trinajstić information content (AvgIpc) is 2.65. The van der Waals surface area contributed by atoms with Gasteiger partial charge in [0, 0.05) is 33.5 Å². The van der Waals surface area contributed by atoms with Gasteiger partial charge in [0.2, 0.25) is 0 Å². The van der Waals surface area contributed by atoms with Gasteiger partial charge in [0.15, 0.2) is 0 Å². The number of thiophene rings is 1. The molecule has 0 amide bonds. The minimum absolute atomic E-state index is 0.468. The molecule has 0 aliphatic heterocycles. The van der Waals surface area contributed by atoms with E-state index in [1.54, 1.807) is 23.7 Å². The molecule has 2 aromatic heterocycles. The van der Waals surface area contributed by atoms with Gasteiger partial charge in [0.25, 0.3) is 0 Å². The lowest BCUT2D eigenvalue weighted by Gasteiger charge is -2.08. The molecule has 2 nitrogen and oxygen atoms in total. The lowest BCUT2D eigenvalue weighted by Crippen LogP contribution is -2.00. The molecule has 78 valence electrons. The van der Waals surface area contributed by atoms with Gasteiger partial charge in [-0.2, -0.15) is 0 Å². The van der Waals surface area contributed by atoms with E-state index in [4.69, 9.17) is 0 Å². The fourth-order valence-electron chi connectivity index (χ4n) is 1.34. The first-order valence-electron chi connectivity index (χ1n) is 4.56. The molecule has 0 aromatic carbocycles. The van der Waals surface area contributed by atoms with E-state index in [0.29, 0.717) is 6.42 Å². The predicted molar refractivity (Wildman–Crippen MR) is 64.9 cm³/mol. The molecular weight excluding hydrogens is 274 g/mol. The number of hydrogen-bond acceptors (Lipinski definition) is 3. The molecule has 1 unspecified atom stereocenters. The number of hydrogen-bond donors (Lipinski definition) is 1. The first kappa shape index (κ1) is 10.8. The van der Waals surface area contributed by atoms with E-state index in [0.717, 1.165) is 10.0 Å². The Labute approximate surface area is 101 Å². The Kier molecular flexibility index (Phi) is 3.51. The van der Waals surface area contributed by atoms with E-state index >= 15 is 0 Å². The van der Waals surface area contributed by atoms with Crippen LogP contribution in [0.1, 0.15) is 16.5 Å². The highest BCUT2D eigenvalue weighted by Gasteiger charge is 2.09. The second-order valence-corrected chi connectivity index (χ2v) is 5.15. The minimum Gasteiger partial charge on any atom is -0.388 e. The molecule has 1 atom stereocenters. The summed E-state index contributed by atoms with van der Waals surface area (Å²) in [6, 6.07) is 5.76. The molecule has 0 aliphatic carbocycles. The lowest BCUT2D eigenvalue weighted by molar-refractivity contribution is 0.179. The van der Waals surface area contributed by atoms with E-state index in [9.17, 15) is 5.11 Å². The minimum atomic E-state index is -0.468. The summed E-state index contributed by atoms with van der Waals surface area (Å²) in [7, 11) is 0. The van der Waals surface area contributed by atoms with Gasteiger partial charge in [-0.15, -0.1) is 11.3 Å². The van der Waals surface area contributed by atoms with E-state index in [-0.39, 0.29) is 0 Å². The number of rotatable bonds is 3. The third-order valence-electron chi connectivity index (χ3n) is 2.09. The highest BCUT2D eigenvalue weighted by Crippen LogP contribution is 2.25. The fraction of sp³-hybridized carbons (Fsp3) is 0.182. The van der Waals surface area contributed by atoms with Gasteiger partial charge in [0.1, 0.15) is 0 Å². The van der Waals surface area contributed by atoms with E-state index in [1.165, 1.54) is 4.88 Å². The fourth-order valence-corrected chi connectivity index (χ4v) is 2.83. The maximum absolute atomic E-state index is 9.93. The Balaban J connectivity index is 2.07. The predicted octanol–water partition coefficient (Wildman–Crippen LogP) is 3.18. The van der Waals surface area contributed by atoms with Crippen LogP contribution in [0.25, 0.3) is 0 Å². The highest BCUT2D eigenvalue weighted by atomic mass is 79.9. The summed E-state index contributed by atoms with van der Waals surface area (Å²) in [5.74, 6) is 0. The standard InChI is InChI=1S/C11H10BrNOS/c12-9-4-10(15-7-9)5-11(14)8-2-1-3-13-6-8/h1-4,6-7,11,14H,5H2. The Hall–Kier alpha value is -0.710. The van der Waals surface area contributed by atoms with Crippen LogP contribution in [0.5, 0.6) is 0 Å². The van der Waals surface area contributed by atoms with Gasteiger partial charge in [-0.25, -0.2) is 0 Å². The quantitative estimate of drug-likeness (QED) is 0.939. The molecule has 0 saturated heterocycles.